The number of carbonyl (C=O) groups excluding carboxylic acids is 1. The minimum Gasteiger partial charge on any atom is -0.494 e. The molecule has 214 valence electrons. The van der Waals surface area contributed by atoms with E-state index in [1.807, 2.05) is 26.0 Å². The van der Waals surface area contributed by atoms with Crippen molar-refractivity contribution in [3.05, 3.63) is 59.9 Å². The average molecular weight is 546 g/mol. The summed E-state index contributed by atoms with van der Waals surface area (Å²) < 4.78 is 17.4. The lowest BCUT2D eigenvalue weighted by molar-refractivity contribution is -0.176. The molecular formula is C33H43N3O4. The third-order valence-corrected chi connectivity index (χ3v) is 8.73. The van der Waals surface area contributed by atoms with Crippen LogP contribution in [0.3, 0.4) is 0 Å². The zero-order valence-corrected chi connectivity index (χ0v) is 24.5. The number of esters is 1. The van der Waals surface area contributed by atoms with Crippen molar-refractivity contribution in [2.75, 3.05) is 34.4 Å². The minimum absolute atomic E-state index is 0.0828. The zero-order valence-electron chi connectivity index (χ0n) is 24.5. The Hall–Kier alpha value is -3.32. The van der Waals surface area contributed by atoms with Gasteiger partial charge in [-0.1, -0.05) is 50.3 Å². The molecule has 2 bridgehead atoms. The van der Waals surface area contributed by atoms with E-state index in [0.29, 0.717) is 5.92 Å². The number of fused-ring (bicyclic) bond motifs is 3. The van der Waals surface area contributed by atoms with Gasteiger partial charge in [0.05, 0.1) is 20.1 Å². The zero-order chi connectivity index (χ0) is 28.3. The molecule has 0 aliphatic heterocycles. The summed E-state index contributed by atoms with van der Waals surface area (Å²) in [5.74, 6) is 2.90. The van der Waals surface area contributed by atoms with Crippen molar-refractivity contribution >= 4 is 22.6 Å². The van der Waals surface area contributed by atoms with Gasteiger partial charge in [-0.15, -0.1) is 0 Å². The van der Waals surface area contributed by atoms with Gasteiger partial charge in [-0.3, -0.25) is 4.79 Å². The largest absolute Gasteiger partial charge is 0.494 e. The second-order valence-corrected chi connectivity index (χ2v) is 11.7. The van der Waals surface area contributed by atoms with E-state index in [0.717, 1.165) is 80.0 Å². The summed E-state index contributed by atoms with van der Waals surface area (Å²) in [6.45, 7) is 5.67. The predicted octanol–water partition coefficient (Wildman–Crippen LogP) is 6.29. The Kier molecular flexibility index (Phi) is 8.50. The Bertz CT molecular complexity index is 1310. The van der Waals surface area contributed by atoms with E-state index in [9.17, 15) is 4.79 Å². The molecule has 7 heteroatoms. The highest BCUT2D eigenvalue weighted by molar-refractivity contribution is 5.87. The number of aryl methyl sites for hydroxylation is 1. The van der Waals surface area contributed by atoms with Gasteiger partial charge >= 0.3 is 5.97 Å². The normalized spacial score (nSPS) is 22.1. The third-order valence-electron chi connectivity index (χ3n) is 8.73. The summed E-state index contributed by atoms with van der Waals surface area (Å²) in [6, 6.07) is 14.5. The van der Waals surface area contributed by atoms with E-state index >= 15 is 0 Å². The maximum atomic E-state index is 12.9. The molecule has 7 nitrogen and oxygen atoms in total. The van der Waals surface area contributed by atoms with Crippen molar-refractivity contribution in [3.8, 4) is 11.5 Å². The minimum atomic E-state index is -0.428. The van der Waals surface area contributed by atoms with Crippen molar-refractivity contribution < 1.29 is 19.0 Å². The molecule has 2 aromatic carbocycles. The van der Waals surface area contributed by atoms with E-state index in [1.165, 1.54) is 11.1 Å². The molecule has 0 spiro atoms. The SMILES string of the molecule is COc1ccc(OC)c2[nH]c(CCCN(C)CCC3(OC(=O)C(C)C)CC4CCC3C=C4c3ccccc3)nc12. The molecule has 3 aliphatic rings. The van der Waals surface area contributed by atoms with Gasteiger partial charge in [0.25, 0.3) is 0 Å². The highest BCUT2D eigenvalue weighted by atomic mass is 16.6. The summed E-state index contributed by atoms with van der Waals surface area (Å²) in [5, 5.41) is 0. The molecule has 1 fully saturated rings. The molecule has 40 heavy (non-hydrogen) atoms. The summed E-state index contributed by atoms with van der Waals surface area (Å²) in [7, 11) is 5.49. The molecule has 1 heterocycles. The van der Waals surface area contributed by atoms with Gasteiger partial charge in [-0.25, -0.2) is 4.98 Å². The second-order valence-electron chi connectivity index (χ2n) is 11.7. The van der Waals surface area contributed by atoms with Crippen LogP contribution in [0.15, 0.2) is 48.5 Å². The van der Waals surface area contributed by atoms with Crippen LogP contribution in [0.1, 0.15) is 57.3 Å². The Morgan fingerprint density at radius 1 is 1.07 bits per heavy atom. The maximum absolute atomic E-state index is 12.9. The Morgan fingerprint density at radius 2 is 1.82 bits per heavy atom. The molecule has 0 amide bonds. The Labute approximate surface area is 237 Å². The third kappa shape index (κ3) is 5.75. The van der Waals surface area contributed by atoms with E-state index in [2.05, 4.69) is 53.3 Å². The van der Waals surface area contributed by atoms with Crippen LogP contribution in [0.4, 0.5) is 0 Å². The first kappa shape index (κ1) is 28.2. The molecule has 3 aliphatic carbocycles. The van der Waals surface area contributed by atoms with Gasteiger partial charge in [-0.05, 0) is 68.5 Å². The number of ether oxygens (including phenoxy) is 3. The van der Waals surface area contributed by atoms with Crippen LogP contribution in [0.2, 0.25) is 0 Å². The Balaban J connectivity index is 1.24. The number of imidazole rings is 1. The number of nitrogens with one attached hydrogen (secondary N) is 1. The van der Waals surface area contributed by atoms with Crippen LogP contribution >= 0.6 is 0 Å². The van der Waals surface area contributed by atoms with Gasteiger partial charge in [0, 0.05) is 25.3 Å². The average Bonchev–Trinajstić information content (AvgIpc) is 3.40. The topological polar surface area (TPSA) is 76.7 Å². The molecule has 1 N–H and O–H groups in total. The molecule has 1 aromatic heterocycles. The fourth-order valence-electron chi connectivity index (χ4n) is 6.46. The molecule has 0 saturated heterocycles. The number of methoxy groups -OCH3 is 2. The maximum Gasteiger partial charge on any atom is 0.308 e. The first-order valence-corrected chi connectivity index (χ1v) is 14.6. The highest BCUT2D eigenvalue weighted by Crippen LogP contribution is 2.53. The summed E-state index contributed by atoms with van der Waals surface area (Å²) in [6.07, 6.45) is 8.21. The number of rotatable bonds is 12. The van der Waals surface area contributed by atoms with Crippen LogP contribution in [-0.4, -0.2) is 60.8 Å². The summed E-state index contributed by atoms with van der Waals surface area (Å²) >= 11 is 0. The van der Waals surface area contributed by atoms with Crippen LogP contribution in [0.25, 0.3) is 16.6 Å². The number of carbonyl (C=O) groups is 1. The lowest BCUT2D eigenvalue weighted by Crippen LogP contribution is -2.51. The number of aromatic nitrogens is 2. The first-order chi connectivity index (χ1) is 19.3. The number of H-pyrrole nitrogens is 1. The number of benzene rings is 2. The van der Waals surface area contributed by atoms with Gasteiger partial charge in [0.1, 0.15) is 34.0 Å². The van der Waals surface area contributed by atoms with Crippen molar-refractivity contribution in [1.82, 2.24) is 14.9 Å². The van der Waals surface area contributed by atoms with Crippen molar-refractivity contribution in [1.29, 1.82) is 0 Å². The van der Waals surface area contributed by atoms with Crippen LogP contribution < -0.4 is 9.47 Å². The number of allylic oxidation sites excluding steroid dienone is 1. The molecule has 3 aromatic rings. The van der Waals surface area contributed by atoms with Crippen LogP contribution in [0, 0.1) is 17.8 Å². The molecule has 6 rings (SSSR count). The van der Waals surface area contributed by atoms with E-state index in [1.54, 1.807) is 14.2 Å². The van der Waals surface area contributed by atoms with Crippen LogP contribution in [0.5, 0.6) is 11.5 Å². The monoisotopic (exact) mass is 545 g/mol. The standard InChI is InChI=1S/C33H43N3O4/c1-22(2)32(37)40-33(21-24-13-14-25(33)20-26(24)23-10-7-6-8-11-23)17-19-36(3)18-9-12-29-34-30-27(38-4)15-16-28(39-5)31(30)35-29/h6-8,10-11,15-16,20,22,24-25H,9,12-14,17-19,21H2,1-5H3,(H,34,35). The van der Waals surface area contributed by atoms with Gasteiger partial charge in [-0.2, -0.15) is 0 Å². The van der Waals surface area contributed by atoms with Gasteiger partial charge in [0.2, 0.25) is 0 Å². The van der Waals surface area contributed by atoms with E-state index in [4.69, 9.17) is 19.2 Å². The fraction of sp³-hybridized carbons (Fsp3) is 0.515. The smallest absolute Gasteiger partial charge is 0.308 e. The number of hydrogen-bond donors (Lipinski definition) is 1. The highest BCUT2D eigenvalue weighted by Gasteiger charge is 2.50. The molecule has 3 unspecified atom stereocenters. The molecule has 3 atom stereocenters. The quantitative estimate of drug-likeness (QED) is 0.270. The van der Waals surface area contributed by atoms with Gasteiger partial charge in [0.15, 0.2) is 0 Å². The van der Waals surface area contributed by atoms with Crippen molar-refractivity contribution in [3.63, 3.8) is 0 Å². The van der Waals surface area contributed by atoms with Crippen molar-refractivity contribution in [2.45, 2.75) is 58.0 Å². The molecule has 1 saturated carbocycles. The Morgan fingerprint density at radius 3 is 2.50 bits per heavy atom. The molecular weight excluding hydrogens is 502 g/mol. The van der Waals surface area contributed by atoms with E-state index < -0.39 is 5.60 Å². The predicted molar refractivity (Wildman–Crippen MR) is 159 cm³/mol. The lowest BCUT2D eigenvalue weighted by atomic mass is 9.60. The second kappa shape index (κ2) is 12.0. The van der Waals surface area contributed by atoms with E-state index in [-0.39, 0.29) is 17.8 Å². The fourth-order valence-corrected chi connectivity index (χ4v) is 6.46. The lowest BCUT2D eigenvalue weighted by Gasteiger charge is -2.50. The molecule has 0 radical (unpaired) electrons. The number of aromatic amines is 1. The first-order valence-electron chi connectivity index (χ1n) is 14.6. The number of nitrogens with zero attached hydrogens (tertiary/aromatic N) is 2. The van der Waals surface area contributed by atoms with Crippen molar-refractivity contribution in [2.24, 2.45) is 17.8 Å². The van der Waals surface area contributed by atoms with Crippen LogP contribution in [-0.2, 0) is 16.0 Å². The summed E-state index contributed by atoms with van der Waals surface area (Å²) in [5.41, 5.74) is 3.98. The van der Waals surface area contributed by atoms with Gasteiger partial charge < -0.3 is 24.1 Å². The number of hydrogen-bond acceptors (Lipinski definition) is 6. The summed E-state index contributed by atoms with van der Waals surface area (Å²) in [4.78, 5) is 23.5.